The first-order valence-corrected chi connectivity index (χ1v) is 9.55. The number of piperidine rings is 1. The zero-order chi connectivity index (χ0) is 17.6. The number of aliphatic hydroxyl groups excluding tert-OH is 1. The Bertz CT molecular complexity index is 551. The molecule has 138 valence electrons. The van der Waals surface area contributed by atoms with E-state index in [1.165, 1.54) is 24.8 Å². The lowest BCUT2D eigenvalue weighted by Gasteiger charge is -2.30. The monoisotopic (exact) mass is 345 g/mol. The van der Waals surface area contributed by atoms with Gasteiger partial charge in [-0.25, -0.2) is 0 Å². The molecule has 3 atom stereocenters. The van der Waals surface area contributed by atoms with Gasteiger partial charge < -0.3 is 19.5 Å². The van der Waals surface area contributed by atoms with E-state index < -0.39 is 6.10 Å². The van der Waals surface area contributed by atoms with Crippen molar-refractivity contribution in [2.45, 2.75) is 57.3 Å². The van der Waals surface area contributed by atoms with Crippen LogP contribution in [0.4, 0.5) is 0 Å². The van der Waals surface area contributed by atoms with Crippen LogP contribution in [0.1, 0.15) is 50.7 Å². The highest BCUT2D eigenvalue weighted by atomic mass is 16.5. The molecule has 3 rings (SSSR count). The molecule has 0 radical (unpaired) electrons. The summed E-state index contributed by atoms with van der Waals surface area (Å²) >= 11 is 0. The highest BCUT2D eigenvalue weighted by molar-refractivity contribution is 5.29. The number of nitrogens with zero attached hydrogens (tertiary/aromatic N) is 1. The van der Waals surface area contributed by atoms with Gasteiger partial charge in [0.05, 0.1) is 12.2 Å². The molecule has 2 aliphatic rings. The van der Waals surface area contributed by atoms with Crippen molar-refractivity contribution in [3.63, 3.8) is 0 Å². The second-order valence-corrected chi connectivity index (χ2v) is 7.49. The van der Waals surface area contributed by atoms with Crippen LogP contribution < -0.4 is 4.74 Å². The van der Waals surface area contributed by atoms with Crippen molar-refractivity contribution in [1.82, 2.24) is 4.90 Å². The first kappa shape index (κ1) is 18.4. The molecule has 0 spiro atoms. The second-order valence-electron chi connectivity index (χ2n) is 7.49. The zero-order valence-corrected chi connectivity index (χ0v) is 15.3. The molecule has 4 nitrogen and oxygen atoms in total. The van der Waals surface area contributed by atoms with Crippen molar-refractivity contribution in [2.75, 3.05) is 26.2 Å². The Hall–Kier alpha value is -1.36. The van der Waals surface area contributed by atoms with Crippen molar-refractivity contribution in [3.05, 3.63) is 42.0 Å². The Balaban J connectivity index is 1.46. The first-order chi connectivity index (χ1) is 12.1. The third-order valence-corrected chi connectivity index (χ3v) is 5.06. The number of β-amino-alcohol motifs (C(OH)–C–C–N with tert-alkyl or cyclic N) is 1. The standard InChI is InChI=1S/C21H31NO3/c1-16-12-17(2)25-21(13-16)18-6-8-20(9-7-18)24-15-19(23)14-22-10-4-3-5-11-22/h6-9,17,19,21,23H,1,3-5,10-15H2,2H3/t17-,19-,21-/m1/s1. The summed E-state index contributed by atoms with van der Waals surface area (Å²) in [5.41, 5.74) is 2.42. The van der Waals surface area contributed by atoms with Gasteiger partial charge in [-0.15, -0.1) is 0 Å². The van der Waals surface area contributed by atoms with Crippen LogP contribution in [0.2, 0.25) is 0 Å². The van der Waals surface area contributed by atoms with E-state index in [1.807, 2.05) is 12.1 Å². The number of rotatable bonds is 6. The van der Waals surface area contributed by atoms with E-state index in [-0.39, 0.29) is 12.2 Å². The molecule has 4 heteroatoms. The van der Waals surface area contributed by atoms with Crippen LogP contribution in [0.15, 0.2) is 36.4 Å². The molecule has 2 saturated heterocycles. The van der Waals surface area contributed by atoms with E-state index in [4.69, 9.17) is 9.47 Å². The van der Waals surface area contributed by atoms with Gasteiger partial charge in [0.1, 0.15) is 18.5 Å². The predicted molar refractivity (Wildman–Crippen MR) is 99.9 cm³/mol. The third-order valence-electron chi connectivity index (χ3n) is 5.06. The maximum Gasteiger partial charge on any atom is 0.119 e. The third kappa shape index (κ3) is 5.56. The van der Waals surface area contributed by atoms with E-state index in [1.54, 1.807) is 0 Å². The highest BCUT2D eigenvalue weighted by Crippen LogP contribution is 2.34. The van der Waals surface area contributed by atoms with Gasteiger partial charge in [0.15, 0.2) is 0 Å². The van der Waals surface area contributed by atoms with Crippen molar-refractivity contribution >= 4 is 0 Å². The Kier molecular flexibility index (Phi) is 6.51. The number of ether oxygens (including phenoxy) is 2. The van der Waals surface area contributed by atoms with Gasteiger partial charge in [0.2, 0.25) is 0 Å². The summed E-state index contributed by atoms with van der Waals surface area (Å²) in [6.45, 7) is 9.44. The second kappa shape index (κ2) is 8.84. The molecule has 1 aromatic carbocycles. The largest absolute Gasteiger partial charge is 0.491 e. The van der Waals surface area contributed by atoms with Crippen LogP contribution in [0, 0.1) is 0 Å². The van der Waals surface area contributed by atoms with Crippen molar-refractivity contribution in [3.8, 4) is 5.75 Å². The molecule has 0 aliphatic carbocycles. The fourth-order valence-electron chi connectivity index (χ4n) is 3.79. The normalized spacial score (nSPS) is 26.4. The molecule has 0 bridgehead atoms. The van der Waals surface area contributed by atoms with Crippen molar-refractivity contribution in [1.29, 1.82) is 0 Å². The van der Waals surface area contributed by atoms with Crippen LogP contribution in [0.3, 0.4) is 0 Å². The zero-order valence-electron chi connectivity index (χ0n) is 15.3. The van der Waals surface area contributed by atoms with Gasteiger partial charge in [-0.2, -0.15) is 0 Å². The van der Waals surface area contributed by atoms with E-state index in [2.05, 4.69) is 30.5 Å². The molecule has 1 N–H and O–H groups in total. The lowest BCUT2D eigenvalue weighted by Crippen LogP contribution is -2.38. The average molecular weight is 345 g/mol. The number of benzene rings is 1. The summed E-state index contributed by atoms with van der Waals surface area (Å²) < 4.78 is 11.8. The maximum absolute atomic E-state index is 10.2. The van der Waals surface area contributed by atoms with Crippen molar-refractivity contribution < 1.29 is 14.6 Å². The van der Waals surface area contributed by atoms with E-state index in [9.17, 15) is 5.11 Å². The minimum atomic E-state index is -0.441. The van der Waals surface area contributed by atoms with Gasteiger partial charge in [0.25, 0.3) is 0 Å². The van der Waals surface area contributed by atoms with Gasteiger partial charge in [0, 0.05) is 6.54 Å². The Labute approximate surface area is 151 Å². The first-order valence-electron chi connectivity index (χ1n) is 9.55. The number of hydrogen-bond donors (Lipinski definition) is 1. The quantitative estimate of drug-likeness (QED) is 0.798. The number of hydrogen-bond acceptors (Lipinski definition) is 4. The van der Waals surface area contributed by atoms with Crippen LogP contribution >= 0.6 is 0 Å². The van der Waals surface area contributed by atoms with Crippen LogP contribution in [0.25, 0.3) is 0 Å². The minimum Gasteiger partial charge on any atom is -0.491 e. The average Bonchev–Trinajstić information content (AvgIpc) is 2.60. The maximum atomic E-state index is 10.2. The van der Waals surface area contributed by atoms with Gasteiger partial charge in [-0.3, -0.25) is 0 Å². The van der Waals surface area contributed by atoms with Crippen LogP contribution in [0.5, 0.6) is 5.75 Å². The predicted octanol–water partition coefficient (Wildman–Crippen LogP) is 3.71. The topological polar surface area (TPSA) is 41.9 Å². The van der Waals surface area contributed by atoms with Gasteiger partial charge >= 0.3 is 0 Å². The lowest BCUT2D eigenvalue weighted by molar-refractivity contribution is -0.0224. The SMILES string of the molecule is C=C1C[C@@H](C)O[C@@H](c2ccc(OC[C@H](O)CN3CCCCC3)cc2)C1. The molecule has 25 heavy (non-hydrogen) atoms. The summed E-state index contributed by atoms with van der Waals surface area (Å²) in [6.07, 6.45) is 5.51. The summed E-state index contributed by atoms with van der Waals surface area (Å²) in [6, 6.07) is 8.05. The molecule has 2 aliphatic heterocycles. The smallest absolute Gasteiger partial charge is 0.119 e. The highest BCUT2D eigenvalue weighted by Gasteiger charge is 2.23. The van der Waals surface area contributed by atoms with Gasteiger partial charge in [-0.1, -0.05) is 30.7 Å². The van der Waals surface area contributed by atoms with E-state index in [0.717, 1.165) is 37.2 Å². The molecule has 1 aromatic rings. The molecular weight excluding hydrogens is 314 g/mol. The Morgan fingerprint density at radius 2 is 1.92 bits per heavy atom. The fraction of sp³-hybridized carbons (Fsp3) is 0.619. The molecule has 0 amide bonds. The van der Waals surface area contributed by atoms with Crippen LogP contribution in [-0.4, -0.2) is 48.5 Å². The van der Waals surface area contributed by atoms with Crippen molar-refractivity contribution in [2.24, 2.45) is 0 Å². The Morgan fingerprint density at radius 3 is 2.60 bits per heavy atom. The molecule has 0 saturated carbocycles. The molecule has 0 unspecified atom stereocenters. The summed E-state index contributed by atoms with van der Waals surface area (Å²) in [5.74, 6) is 0.795. The van der Waals surface area contributed by atoms with Crippen LogP contribution in [-0.2, 0) is 4.74 Å². The minimum absolute atomic E-state index is 0.0926. The fourth-order valence-corrected chi connectivity index (χ4v) is 3.79. The summed E-state index contributed by atoms with van der Waals surface area (Å²) in [7, 11) is 0. The van der Waals surface area contributed by atoms with E-state index >= 15 is 0 Å². The van der Waals surface area contributed by atoms with Gasteiger partial charge in [-0.05, 0) is 63.4 Å². The number of aliphatic hydroxyl groups is 1. The molecule has 0 aromatic heterocycles. The Morgan fingerprint density at radius 1 is 1.20 bits per heavy atom. The number of likely N-dealkylation sites (tertiary alicyclic amines) is 1. The molecular formula is C21H31NO3. The molecule has 2 heterocycles. The summed E-state index contributed by atoms with van der Waals surface area (Å²) in [4.78, 5) is 2.33. The molecule has 2 fully saturated rings. The lowest BCUT2D eigenvalue weighted by atomic mass is 9.95. The summed E-state index contributed by atoms with van der Waals surface area (Å²) in [5, 5.41) is 10.2. The van der Waals surface area contributed by atoms with E-state index in [0.29, 0.717) is 13.2 Å².